The van der Waals surface area contributed by atoms with Gasteiger partial charge in [0.05, 0.1) is 0 Å². The van der Waals surface area contributed by atoms with Crippen LogP contribution in [-0.2, 0) is 57.2 Å². The van der Waals surface area contributed by atoms with Crippen molar-refractivity contribution in [1.29, 1.82) is 0 Å². The molecule has 0 aromatic heterocycles. The number of esters is 4. The molecule has 5 atom stereocenters. The van der Waals surface area contributed by atoms with E-state index >= 15 is 0 Å². The van der Waals surface area contributed by atoms with Crippen molar-refractivity contribution < 1.29 is 55.5 Å². The second-order valence-corrected chi connectivity index (χ2v) is 9.40. The largest absolute Gasteiger partial charge is 0.463 e. The Labute approximate surface area is 177 Å². The molecule has 172 valence electrons. The quantitative estimate of drug-likeness (QED) is 0.191. The Morgan fingerprint density at radius 1 is 1.03 bits per heavy atom. The lowest BCUT2D eigenvalue weighted by Crippen LogP contribution is -2.56. The highest BCUT2D eigenvalue weighted by atomic mass is 32.2. The van der Waals surface area contributed by atoms with Crippen LogP contribution in [0, 0.1) is 0 Å². The average Bonchev–Trinajstić information content (AvgIpc) is 3.18. The van der Waals surface area contributed by atoms with Gasteiger partial charge in [-0.1, -0.05) is 6.58 Å². The van der Waals surface area contributed by atoms with Crippen molar-refractivity contribution >= 4 is 34.0 Å². The lowest BCUT2D eigenvalue weighted by atomic mass is 9.77. The minimum atomic E-state index is -4.17. The third-order valence-electron chi connectivity index (χ3n) is 5.28. The van der Waals surface area contributed by atoms with Crippen molar-refractivity contribution in [3.63, 3.8) is 0 Å². The second kappa shape index (κ2) is 7.88. The number of rotatable bonds is 8. The van der Waals surface area contributed by atoms with Crippen LogP contribution in [0.4, 0.5) is 0 Å². The monoisotopic (exact) mass is 462 g/mol. The van der Waals surface area contributed by atoms with Gasteiger partial charge in [-0.15, -0.1) is 0 Å². The highest BCUT2D eigenvalue weighted by molar-refractivity contribution is 7.87. The first-order valence-electron chi connectivity index (χ1n) is 9.24. The fourth-order valence-electron chi connectivity index (χ4n) is 4.02. The Morgan fingerprint density at radius 3 is 2.23 bits per heavy atom. The third-order valence-corrected chi connectivity index (χ3v) is 7.02. The zero-order chi connectivity index (χ0) is 23.2. The molecule has 0 saturated carbocycles. The predicted octanol–water partition coefficient (Wildman–Crippen LogP) is -0.848. The van der Waals surface area contributed by atoms with Crippen molar-refractivity contribution in [2.45, 2.75) is 55.9 Å². The Bertz CT molecular complexity index is 939. The van der Waals surface area contributed by atoms with E-state index in [2.05, 4.69) is 6.58 Å². The zero-order valence-electron chi connectivity index (χ0n) is 17.1. The van der Waals surface area contributed by atoms with E-state index in [4.69, 9.17) is 27.9 Å². The number of hydrogen-bond acceptors (Lipinski definition) is 12. The van der Waals surface area contributed by atoms with Crippen molar-refractivity contribution in [2.24, 2.45) is 0 Å². The van der Waals surface area contributed by atoms with E-state index in [1.165, 1.54) is 6.92 Å². The Hall–Kier alpha value is -2.51. The predicted molar refractivity (Wildman–Crippen MR) is 97.7 cm³/mol. The van der Waals surface area contributed by atoms with Crippen molar-refractivity contribution in [2.75, 3.05) is 19.8 Å². The standard InChI is InChI=1S/C18H22O12S/c1-9(2)16(22)25-6-13(21)28-14-15-18(8-27-11(4)20)12(31(23,24)29-15)5-17(14,30-18)7-26-10(3)19/h12,14-15H,1,5-8H2,2-4H3. The number of hydrogen-bond donors (Lipinski definition) is 0. The van der Waals surface area contributed by atoms with Gasteiger partial charge < -0.3 is 23.7 Å². The van der Waals surface area contributed by atoms with Gasteiger partial charge in [0, 0.05) is 25.8 Å². The van der Waals surface area contributed by atoms with Crippen LogP contribution in [0.5, 0.6) is 0 Å². The average molecular weight is 462 g/mol. The van der Waals surface area contributed by atoms with E-state index in [1.54, 1.807) is 0 Å². The summed E-state index contributed by atoms with van der Waals surface area (Å²) in [7, 11) is -4.17. The molecule has 3 saturated heterocycles. The van der Waals surface area contributed by atoms with Gasteiger partial charge in [-0.3, -0.25) is 13.8 Å². The molecule has 3 rings (SSSR count). The molecule has 2 bridgehead atoms. The summed E-state index contributed by atoms with van der Waals surface area (Å²) in [6.45, 7) is 5.38. The second-order valence-electron chi connectivity index (χ2n) is 7.65. The molecule has 5 unspecified atom stereocenters. The number of carbonyl (C=O) groups is 4. The van der Waals surface area contributed by atoms with Crippen LogP contribution in [0.15, 0.2) is 12.2 Å². The molecule has 31 heavy (non-hydrogen) atoms. The smallest absolute Gasteiger partial charge is 0.344 e. The van der Waals surface area contributed by atoms with Gasteiger partial charge in [0.25, 0.3) is 10.1 Å². The summed E-state index contributed by atoms with van der Waals surface area (Å²) in [4.78, 5) is 46.5. The maximum atomic E-state index is 12.6. The van der Waals surface area contributed by atoms with Gasteiger partial charge in [0.2, 0.25) is 0 Å². The van der Waals surface area contributed by atoms with Crippen LogP contribution in [0.3, 0.4) is 0 Å². The van der Waals surface area contributed by atoms with Gasteiger partial charge >= 0.3 is 23.9 Å². The van der Waals surface area contributed by atoms with Crippen LogP contribution in [0.2, 0.25) is 0 Å². The van der Waals surface area contributed by atoms with Crippen molar-refractivity contribution in [3.05, 3.63) is 12.2 Å². The van der Waals surface area contributed by atoms with Crippen molar-refractivity contribution in [1.82, 2.24) is 0 Å². The zero-order valence-corrected chi connectivity index (χ0v) is 17.9. The molecule has 12 nitrogen and oxygen atoms in total. The Kier molecular flexibility index (Phi) is 5.88. The number of fused-ring (bicyclic) bond motifs is 1. The summed E-state index contributed by atoms with van der Waals surface area (Å²) in [5, 5.41) is -1.23. The minimum Gasteiger partial charge on any atom is -0.463 e. The molecule has 3 fully saturated rings. The molecule has 0 aliphatic carbocycles. The maximum Gasteiger partial charge on any atom is 0.344 e. The third kappa shape index (κ3) is 4.04. The van der Waals surface area contributed by atoms with Gasteiger partial charge in [-0.25, -0.2) is 9.59 Å². The molecular weight excluding hydrogens is 440 g/mol. The molecule has 3 aliphatic heterocycles. The maximum absolute atomic E-state index is 12.6. The summed E-state index contributed by atoms with van der Waals surface area (Å²) in [6, 6.07) is 0. The Morgan fingerprint density at radius 2 is 1.65 bits per heavy atom. The lowest BCUT2D eigenvalue weighted by molar-refractivity contribution is -0.177. The highest BCUT2D eigenvalue weighted by Gasteiger charge is 2.82. The van der Waals surface area contributed by atoms with Gasteiger partial charge in [-0.05, 0) is 6.92 Å². The number of carbonyl (C=O) groups excluding carboxylic acids is 4. The van der Waals surface area contributed by atoms with Gasteiger partial charge in [0.15, 0.2) is 24.4 Å². The van der Waals surface area contributed by atoms with E-state index in [-0.39, 0.29) is 12.0 Å². The first kappa shape index (κ1) is 23.2. The Balaban J connectivity index is 1.88. The normalized spacial score (nSPS) is 34.1. The summed E-state index contributed by atoms with van der Waals surface area (Å²) < 4.78 is 56.5. The van der Waals surface area contributed by atoms with E-state index in [1.807, 2.05) is 0 Å². The molecule has 0 amide bonds. The molecular formula is C18H22O12S. The van der Waals surface area contributed by atoms with E-state index in [0.29, 0.717) is 0 Å². The fraction of sp³-hybridized carbons (Fsp3) is 0.667. The first-order valence-corrected chi connectivity index (χ1v) is 10.7. The topological polar surface area (TPSA) is 158 Å². The van der Waals surface area contributed by atoms with Crippen LogP contribution in [-0.4, -0.2) is 80.8 Å². The van der Waals surface area contributed by atoms with Crippen molar-refractivity contribution in [3.8, 4) is 0 Å². The molecule has 3 aliphatic rings. The molecule has 0 aromatic carbocycles. The summed E-state index contributed by atoms with van der Waals surface area (Å²) >= 11 is 0. The summed E-state index contributed by atoms with van der Waals surface area (Å²) in [5.74, 6) is -3.18. The van der Waals surface area contributed by atoms with Crippen LogP contribution in [0.1, 0.15) is 27.2 Å². The number of ether oxygens (including phenoxy) is 5. The minimum absolute atomic E-state index is 0.0655. The molecule has 0 radical (unpaired) electrons. The summed E-state index contributed by atoms with van der Waals surface area (Å²) in [6.07, 6.45) is -2.93. The van der Waals surface area contributed by atoms with Gasteiger partial charge in [0.1, 0.15) is 24.1 Å². The van der Waals surface area contributed by atoms with Crippen LogP contribution < -0.4 is 0 Å². The van der Waals surface area contributed by atoms with Crippen LogP contribution >= 0.6 is 0 Å². The summed E-state index contributed by atoms with van der Waals surface area (Å²) in [5.41, 5.74) is -3.14. The molecule has 0 aromatic rings. The fourth-order valence-corrected chi connectivity index (χ4v) is 5.93. The van der Waals surface area contributed by atoms with E-state index < -0.39 is 82.5 Å². The highest BCUT2D eigenvalue weighted by Crippen LogP contribution is 2.60. The SMILES string of the molecule is C=C(C)C(=O)OCC(=O)OC1C2OS(=O)(=O)C3CC1(COC(C)=O)OC23COC(C)=O. The molecule has 3 heterocycles. The van der Waals surface area contributed by atoms with Gasteiger partial charge in [-0.2, -0.15) is 8.42 Å². The van der Waals surface area contributed by atoms with Crippen LogP contribution in [0.25, 0.3) is 0 Å². The molecule has 0 spiro atoms. The lowest BCUT2D eigenvalue weighted by Gasteiger charge is -2.33. The molecule has 13 heteroatoms. The van der Waals surface area contributed by atoms with E-state index in [0.717, 1.165) is 13.8 Å². The first-order chi connectivity index (χ1) is 14.3. The molecule has 0 N–H and O–H groups in total. The van der Waals surface area contributed by atoms with E-state index in [9.17, 15) is 27.6 Å².